The van der Waals surface area contributed by atoms with Crippen molar-refractivity contribution in [3.63, 3.8) is 0 Å². The minimum Gasteiger partial charge on any atom is -0.480 e. The van der Waals surface area contributed by atoms with E-state index in [-0.39, 0.29) is 31.0 Å². The maximum absolute atomic E-state index is 12.9. The molecule has 2 aromatic carbocycles. The van der Waals surface area contributed by atoms with Crippen molar-refractivity contribution in [1.29, 1.82) is 0 Å². The maximum atomic E-state index is 12.9. The van der Waals surface area contributed by atoms with Crippen molar-refractivity contribution in [2.45, 2.75) is 74.9 Å². The summed E-state index contributed by atoms with van der Waals surface area (Å²) in [6.45, 7) is 1.12. The summed E-state index contributed by atoms with van der Waals surface area (Å²) in [6, 6.07) is 14.4. The number of hydrogen-bond donors (Lipinski definition) is 6. The number of aliphatic hydroxyl groups excluding tert-OH is 3. The number of ketones is 1. The van der Waals surface area contributed by atoms with Crippen LogP contribution in [-0.2, 0) is 28.6 Å². The van der Waals surface area contributed by atoms with Crippen molar-refractivity contribution in [2.24, 2.45) is 5.73 Å². The van der Waals surface area contributed by atoms with E-state index in [1.165, 1.54) is 18.7 Å². The topological polar surface area (TPSA) is 215 Å². The van der Waals surface area contributed by atoms with Crippen LogP contribution >= 0.6 is 11.8 Å². The third-order valence-corrected chi connectivity index (χ3v) is 8.71. The number of nitrogens with two attached hydrogens (primary N) is 1. The zero-order valence-electron chi connectivity index (χ0n) is 25.7. The summed E-state index contributed by atoms with van der Waals surface area (Å²) in [7, 11) is 1.09. The molecule has 0 radical (unpaired) electrons. The van der Waals surface area contributed by atoms with Gasteiger partial charge in [-0.25, -0.2) is 4.79 Å². The van der Waals surface area contributed by atoms with Crippen LogP contribution < -0.4 is 11.1 Å². The van der Waals surface area contributed by atoms with Crippen LogP contribution in [0.5, 0.6) is 0 Å². The largest absolute Gasteiger partial charge is 0.480 e. The Bertz CT molecular complexity index is 1310. The van der Waals surface area contributed by atoms with Crippen molar-refractivity contribution in [3.05, 3.63) is 60.2 Å². The highest BCUT2D eigenvalue weighted by Crippen LogP contribution is 2.35. The molecule has 0 bridgehead atoms. The van der Waals surface area contributed by atoms with E-state index >= 15 is 0 Å². The lowest BCUT2D eigenvalue weighted by Crippen LogP contribution is -2.67. The molecule has 0 spiro atoms. The number of carboxylic acid groups (broad SMARTS) is 1. The number of esters is 1. The number of aliphatic carboxylic acids is 1. The molecule has 1 aliphatic heterocycles. The van der Waals surface area contributed by atoms with Crippen LogP contribution in [-0.4, -0.2) is 112 Å². The van der Waals surface area contributed by atoms with Gasteiger partial charge in [-0.15, -0.1) is 0 Å². The van der Waals surface area contributed by atoms with E-state index in [1.807, 2.05) is 42.5 Å². The number of methoxy groups -OCH3 is 1. The first-order valence-corrected chi connectivity index (χ1v) is 16.0. The van der Waals surface area contributed by atoms with E-state index < -0.39 is 66.6 Å². The van der Waals surface area contributed by atoms with Crippen molar-refractivity contribution in [3.8, 4) is 11.1 Å². The first-order valence-electron chi connectivity index (χ1n) is 14.8. The second kappa shape index (κ2) is 17.5. The molecule has 1 saturated heterocycles. The molecule has 3 rings (SSSR count). The van der Waals surface area contributed by atoms with Gasteiger partial charge >= 0.3 is 11.9 Å². The van der Waals surface area contributed by atoms with Crippen LogP contribution in [0.25, 0.3) is 11.1 Å². The summed E-state index contributed by atoms with van der Waals surface area (Å²) < 4.78 is 16.6. The second-order valence-corrected chi connectivity index (χ2v) is 12.2. The lowest BCUT2D eigenvalue weighted by atomic mass is 9.87. The van der Waals surface area contributed by atoms with Crippen LogP contribution in [0.15, 0.2) is 54.6 Å². The third-order valence-electron chi connectivity index (χ3n) is 7.53. The van der Waals surface area contributed by atoms with E-state index in [4.69, 9.17) is 25.1 Å². The molecule has 1 heterocycles. The molecule has 0 aromatic heterocycles. The molecule has 2 unspecified atom stereocenters. The number of rotatable bonds is 17. The number of thioether (sulfide) groups is 1. The minimum absolute atomic E-state index is 0.0785. The van der Waals surface area contributed by atoms with Crippen molar-refractivity contribution >= 4 is 35.4 Å². The van der Waals surface area contributed by atoms with Crippen LogP contribution in [0, 0.1) is 0 Å². The van der Waals surface area contributed by atoms with Crippen molar-refractivity contribution in [1.82, 2.24) is 5.32 Å². The predicted octanol–water partition coefficient (Wildman–Crippen LogP) is 1.11. The molecule has 1 amide bonds. The molecular weight excluding hydrogens is 620 g/mol. The van der Waals surface area contributed by atoms with Crippen LogP contribution in [0.1, 0.15) is 43.0 Å². The van der Waals surface area contributed by atoms with Crippen LogP contribution in [0.2, 0.25) is 0 Å². The molecule has 1 fully saturated rings. The van der Waals surface area contributed by atoms with Crippen LogP contribution in [0.4, 0.5) is 0 Å². The number of hydrogen-bond acceptors (Lipinski definition) is 12. The van der Waals surface area contributed by atoms with Gasteiger partial charge in [0, 0.05) is 31.1 Å². The average Bonchev–Trinajstić information content (AvgIpc) is 3.05. The zero-order chi connectivity index (χ0) is 33.9. The first kappa shape index (κ1) is 37.1. The molecule has 14 heteroatoms. The molecule has 7 N–H and O–H groups in total. The Hall–Kier alpha value is -3.37. The van der Waals surface area contributed by atoms with E-state index in [0.717, 1.165) is 18.2 Å². The zero-order valence-corrected chi connectivity index (χ0v) is 26.6. The smallest absolute Gasteiger partial charge is 0.366 e. The summed E-state index contributed by atoms with van der Waals surface area (Å²) in [4.78, 5) is 48.7. The van der Waals surface area contributed by atoms with E-state index in [2.05, 4.69) is 5.32 Å². The normalized spacial score (nSPS) is 23.1. The van der Waals surface area contributed by atoms with Gasteiger partial charge < -0.3 is 45.7 Å². The van der Waals surface area contributed by atoms with Crippen molar-refractivity contribution < 1.29 is 53.8 Å². The van der Waals surface area contributed by atoms with Gasteiger partial charge in [-0.05, 0) is 29.7 Å². The first-order chi connectivity index (χ1) is 21.9. The molecule has 7 atom stereocenters. The number of amides is 1. The Kier molecular flexibility index (Phi) is 14.1. The van der Waals surface area contributed by atoms with Gasteiger partial charge in [0.1, 0.15) is 18.2 Å². The number of Topliss-reactive ketones (excluding diaryl/α,β-unsaturated/α-hetero) is 1. The highest BCUT2D eigenvalue weighted by Gasteiger charge is 2.56. The quantitative estimate of drug-likeness (QED) is 0.0797. The molecular formula is C32H42N2O11S. The lowest BCUT2D eigenvalue weighted by Gasteiger charge is -2.47. The average molecular weight is 663 g/mol. The van der Waals surface area contributed by atoms with Gasteiger partial charge in [-0.2, -0.15) is 11.8 Å². The third kappa shape index (κ3) is 10.1. The van der Waals surface area contributed by atoms with Gasteiger partial charge in [-0.3, -0.25) is 14.4 Å². The summed E-state index contributed by atoms with van der Waals surface area (Å²) in [5, 5.41) is 44.6. The standard InChI is InChI=1S/C32H42N2O11S/c1-19(35)34-27-26(38)17-32(31(42)43-2,44-15-6-16-46-18-23(33)30(40)41)45-29(27)28(39)25(37)14-13-24(36)22-11-9-21(10-12-22)20-7-4-3-5-8-20/h3-5,7-12,23,25-29,37-39H,6,13-18,33H2,1-2H3,(H,34,35)(H,40,41)/t23?,25-,26-,27-,28-,29?,32-/m1/s1. The Morgan fingerprint density at radius 3 is 2.35 bits per heavy atom. The number of carboxylic acids is 1. The SMILES string of the molecule is COC(=O)[C@@]1(OCCCSCC(N)C(=O)O)C[C@@H](O)[C@@H](NC(C)=O)C([C@H](O)[C@H](O)CCC(=O)c2ccc(-c3ccccc3)cc2)O1. The Morgan fingerprint density at radius 2 is 1.74 bits per heavy atom. The van der Waals surface area contributed by atoms with Gasteiger partial charge in [0.25, 0.3) is 5.79 Å². The molecule has 1 aliphatic rings. The molecule has 13 nitrogen and oxygen atoms in total. The summed E-state index contributed by atoms with van der Waals surface area (Å²) >= 11 is 1.27. The van der Waals surface area contributed by atoms with Gasteiger partial charge in [0.05, 0.1) is 32.0 Å². The summed E-state index contributed by atoms with van der Waals surface area (Å²) in [5.41, 5.74) is 7.84. The number of aliphatic hydroxyl groups is 3. The fourth-order valence-electron chi connectivity index (χ4n) is 5.07. The van der Waals surface area contributed by atoms with Gasteiger partial charge in [-0.1, -0.05) is 54.6 Å². The van der Waals surface area contributed by atoms with Crippen LogP contribution in [0.3, 0.4) is 0 Å². The highest BCUT2D eigenvalue weighted by atomic mass is 32.2. The Balaban J connectivity index is 1.68. The number of ether oxygens (including phenoxy) is 3. The molecule has 252 valence electrons. The molecule has 46 heavy (non-hydrogen) atoms. The van der Waals surface area contributed by atoms with E-state index in [1.54, 1.807) is 12.1 Å². The molecule has 0 saturated carbocycles. The molecule has 2 aromatic rings. The highest BCUT2D eigenvalue weighted by molar-refractivity contribution is 7.99. The van der Waals surface area contributed by atoms with Gasteiger partial charge in [0.15, 0.2) is 5.78 Å². The number of benzene rings is 2. The van der Waals surface area contributed by atoms with E-state index in [9.17, 15) is 34.5 Å². The number of carbonyl (C=O) groups excluding carboxylic acids is 3. The molecule has 0 aliphatic carbocycles. The van der Waals surface area contributed by atoms with Gasteiger partial charge in [0.2, 0.25) is 5.91 Å². The maximum Gasteiger partial charge on any atom is 0.366 e. The fraction of sp³-hybridized carbons (Fsp3) is 0.500. The second-order valence-electron chi connectivity index (χ2n) is 11.0. The van der Waals surface area contributed by atoms with Crippen molar-refractivity contribution in [2.75, 3.05) is 25.2 Å². The monoisotopic (exact) mass is 662 g/mol. The summed E-state index contributed by atoms with van der Waals surface area (Å²) in [5.74, 6) is -4.55. The minimum atomic E-state index is -2.19. The van der Waals surface area contributed by atoms with E-state index in [0.29, 0.717) is 17.7 Å². The predicted molar refractivity (Wildman–Crippen MR) is 169 cm³/mol. The number of nitrogens with one attached hydrogen (secondary N) is 1. The fourth-order valence-corrected chi connectivity index (χ4v) is 5.95. The lowest BCUT2D eigenvalue weighted by molar-refractivity contribution is -0.311. The summed E-state index contributed by atoms with van der Waals surface area (Å²) in [6.07, 6.45) is -6.76. The Morgan fingerprint density at radius 1 is 1.09 bits per heavy atom. The Labute approximate surface area is 271 Å². The number of carbonyl (C=O) groups is 4.